The van der Waals surface area contributed by atoms with Gasteiger partial charge in [-0.2, -0.15) is 5.10 Å². The molecule has 3 N–H and O–H groups in total. The molecule has 0 saturated carbocycles. The van der Waals surface area contributed by atoms with Crippen LogP contribution in [0.2, 0.25) is 0 Å². The summed E-state index contributed by atoms with van der Waals surface area (Å²) in [4.78, 5) is 16.1. The third-order valence-electron chi connectivity index (χ3n) is 2.73. The number of carbonyl (C=O) groups is 1. The SMILES string of the molecule is Cc1cnc(C(C)NC(=O)C(N)c2cnn(C)c2)o1. The Balaban J connectivity index is 2.01. The van der Waals surface area contributed by atoms with Gasteiger partial charge in [-0.3, -0.25) is 9.48 Å². The van der Waals surface area contributed by atoms with Crippen LogP contribution in [-0.4, -0.2) is 20.7 Å². The molecule has 7 heteroatoms. The van der Waals surface area contributed by atoms with Gasteiger partial charge in [0.15, 0.2) is 0 Å². The number of oxazole rings is 1. The van der Waals surface area contributed by atoms with Gasteiger partial charge in [0.25, 0.3) is 0 Å². The van der Waals surface area contributed by atoms with E-state index in [4.69, 9.17) is 10.2 Å². The van der Waals surface area contributed by atoms with Gasteiger partial charge >= 0.3 is 0 Å². The van der Waals surface area contributed by atoms with E-state index in [0.717, 1.165) is 0 Å². The number of aryl methyl sites for hydroxylation is 2. The molecule has 1 amide bonds. The maximum absolute atomic E-state index is 12.0. The Kier molecular flexibility index (Phi) is 3.66. The number of nitrogens with zero attached hydrogens (tertiary/aromatic N) is 3. The Labute approximate surface area is 110 Å². The molecule has 0 aliphatic rings. The van der Waals surface area contributed by atoms with Crippen LogP contribution in [0, 0.1) is 6.92 Å². The third-order valence-corrected chi connectivity index (χ3v) is 2.73. The number of hydrogen-bond acceptors (Lipinski definition) is 5. The second kappa shape index (κ2) is 5.23. The fraction of sp³-hybridized carbons (Fsp3) is 0.417. The van der Waals surface area contributed by atoms with E-state index in [0.29, 0.717) is 17.2 Å². The van der Waals surface area contributed by atoms with Crippen LogP contribution >= 0.6 is 0 Å². The number of rotatable bonds is 4. The number of hydrogen-bond donors (Lipinski definition) is 2. The number of aromatic nitrogens is 3. The number of carbonyl (C=O) groups excluding carboxylic acids is 1. The normalized spacial score (nSPS) is 14.1. The van der Waals surface area contributed by atoms with E-state index in [2.05, 4.69) is 15.4 Å². The van der Waals surface area contributed by atoms with E-state index in [1.54, 1.807) is 44.2 Å². The molecule has 2 unspecified atom stereocenters. The highest BCUT2D eigenvalue weighted by molar-refractivity contribution is 5.83. The summed E-state index contributed by atoms with van der Waals surface area (Å²) in [6, 6.07) is -1.09. The molecule has 19 heavy (non-hydrogen) atoms. The maximum Gasteiger partial charge on any atom is 0.242 e. The lowest BCUT2D eigenvalue weighted by Crippen LogP contribution is -2.35. The molecule has 0 bridgehead atoms. The molecule has 2 aromatic heterocycles. The molecule has 0 aromatic carbocycles. The molecule has 0 spiro atoms. The van der Waals surface area contributed by atoms with Crippen molar-refractivity contribution in [2.24, 2.45) is 12.8 Å². The second-order valence-electron chi connectivity index (χ2n) is 4.46. The molecule has 2 rings (SSSR count). The minimum Gasteiger partial charge on any atom is -0.444 e. The zero-order valence-corrected chi connectivity index (χ0v) is 11.1. The molecule has 2 heterocycles. The Morgan fingerprint density at radius 3 is 2.79 bits per heavy atom. The van der Waals surface area contributed by atoms with Crippen molar-refractivity contribution in [2.75, 3.05) is 0 Å². The van der Waals surface area contributed by atoms with E-state index in [9.17, 15) is 4.79 Å². The number of nitrogens with one attached hydrogen (secondary N) is 1. The summed E-state index contributed by atoms with van der Waals surface area (Å²) in [7, 11) is 1.77. The highest BCUT2D eigenvalue weighted by Crippen LogP contribution is 2.14. The first-order valence-corrected chi connectivity index (χ1v) is 5.94. The highest BCUT2D eigenvalue weighted by Gasteiger charge is 2.21. The van der Waals surface area contributed by atoms with Gasteiger partial charge in [0, 0.05) is 18.8 Å². The predicted octanol–water partition coefficient (Wildman–Crippen LogP) is 0.594. The Bertz CT molecular complexity index is 574. The molecule has 2 atom stereocenters. The third kappa shape index (κ3) is 3.00. The van der Waals surface area contributed by atoms with Crippen LogP contribution in [0.4, 0.5) is 0 Å². The van der Waals surface area contributed by atoms with Crippen LogP contribution in [0.1, 0.15) is 36.2 Å². The van der Waals surface area contributed by atoms with Gasteiger partial charge in [-0.05, 0) is 13.8 Å². The van der Waals surface area contributed by atoms with Crippen molar-refractivity contribution in [3.8, 4) is 0 Å². The summed E-state index contributed by atoms with van der Waals surface area (Å²) >= 11 is 0. The average molecular weight is 263 g/mol. The number of nitrogens with two attached hydrogens (primary N) is 1. The quantitative estimate of drug-likeness (QED) is 0.841. The molecule has 0 aliphatic carbocycles. The molecule has 0 radical (unpaired) electrons. The fourth-order valence-corrected chi connectivity index (χ4v) is 1.69. The summed E-state index contributed by atoms with van der Waals surface area (Å²) in [5, 5.41) is 6.75. The van der Waals surface area contributed by atoms with Gasteiger partial charge < -0.3 is 15.5 Å². The Hall–Kier alpha value is -2.15. The lowest BCUT2D eigenvalue weighted by Gasteiger charge is -2.14. The van der Waals surface area contributed by atoms with Crippen LogP contribution in [0.25, 0.3) is 0 Å². The van der Waals surface area contributed by atoms with Crippen molar-refractivity contribution in [2.45, 2.75) is 25.9 Å². The van der Waals surface area contributed by atoms with Crippen molar-refractivity contribution in [3.05, 3.63) is 35.8 Å². The van der Waals surface area contributed by atoms with Gasteiger partial charge in [0.05, 0.1) is 12.4 Å². The first kappa shape index (κ1) is 13.3. The summed E-state index contributed by atoms with van der Waals surface area (Å²) < 4.78 is 6.95. The van der Waals surface area contributed by atoms with Crippen molar-refractivity contribution >= 4 is 5.91 Å². The van der Waals surface area contributed by atoms with E-state index in [-0.39, 0.29) is 11.9 Å². The Morgan fingerprint density at radius 1 is 1.53 bits per heavy atom. The van der Waals surface area contributed by atoms with Crippen molar-refractivity contribution in [3.63, 3.8) is 0 Å². The topological polar surface area (TPSA) is 99.0 Å². The molecule has 102 valence electrons. The maximum atomic E-state index is 12.0. The van der Waals surface area contributed by atoms with E-state index >= 15 is 0 Å². The smallest absolute Gasteiger partial charge is 0.242 e. The van der Waals surface area contributed by atoms with Crippen molar-refractivity contribution in [1.29, 1.82) is 0 Å². The molecule has 0 saturated heterocycles. The standard InChI is InChI=1S/C12H17N5O2/c1-7-4-14-12(19-7)8(2)16-11(18)10(13)9-5-15-17(3)6-9/h4-6,8,10H,13H2,1-3H3,(H,16,18). The largest absolute Gasteiger partial charge is 0.444 e. The summed E-state index contributed by atoms with van der Waals surface area (Å²) in [5.74, 6) is 0.869. The minimum absolute atomic E-state index is 0.295. The number of amides is 1. The van der Waals surface area contributed by atoms with Gasteiger partial charge in [0.2, 0.25) is 11.8 Å². The molecule has 2 aromatic rings. The van der Waals surface area contributed by atoms with Gasteiger partial charge in [-0.25, -0.2) is 4.98 Å². The molecular weight excluding hydrogens is 246 g/mol. The van der Waals surface area contributed by atoms with Crippen molar-refractivity contribution < 1.29 is 9.21 Å². The van der Waals surface area contributed by atoms with Crippen LogP contribution < -0.4 is 11.1 Å². The summed E-state index contributed by atoms with van der Waals surface area (Å²) in [5.41, 5.74) is 6.53. The first-order chi connectivity index (χ1) is 8.97. The summed E-state index contributed by atoms with van der Waals surface area (Å²) in [6.45, 7) is 3.59. The lowest BCUT2D eigenvalue weighted by atomic mass is 10.1. The monoisotopic (exact) mass is 263 g/mol. The van der Waals surface area contributed by atoms with Crippen molar-refractivity contribution in [1.82, 2.24) is 20.1 Å². The fourth-order valence-electron chi connectivity index (χ4n) is 1.69. The highest BCUT2D eigenvalue weighted by atomic mass is 16.4. The molecule has 7 nitrogen and oxygen atoms in total. The minimum atomic E-state index is -0.757. The lowest BCUT2D eigenvalue weighted by molar-refractivity contribution is -0.123. The van der Waals surface area contributed by atoms with Gasteiger partial charge in [-0.1, -0.05) is 0 Å². The first-order valence-electron chi connectivity index (χ1n) is 5.94. The van der Waals surface area contributed by atoms with E-state index < -0.39 is 6.04 Å². The second-order valence-corrected chi connectivity index (χ2v) is 4.46. The van der Waals surface area contributed by atoms with Gasteiger partial charge in [-0.15, -0.1) is 0 Å². The van der Waals surface area contributed by atoms with Crippen LogP contribution in [0.5, 0.6) is 0 Å². The summed E-state index contributed by atoms with van der Waals surface area (Å²) in [6.07, 6.45) is 4.90. The zero-order valence-electron chi connectivity index (χ0n) is 11.1. The van der Waals surface area contributed by atoms with Crippen LogP contribution in [0.15, 0.2) is 23.0 Å². The van der Waals surface area contributed by atoms with Crippen LogP contribution in [0.3, 0.4) is 0 Å². The zero-order chi connectivity index (χ0) is 14.0. The molecule has 0 aliphatic heterocycles. The Morgan fingerprint density at radius 2 is 2.26 bits per heavy atom. The van der Waals surface area contributed by atoms with Crippen LogP contribution in [-0.2, 0) is 11.8 Å². The van der Waals surface area contributed by atoms with E-state index in [1.165, 1.54) is 0 Å². The van der Waals surface area contributed by atoms with E-state index in [1.807, 2.05) is 0 Å². The van der Waals surface area contributed by atoms with Gasteiger partial charge in [0.1, 0.15) is 17.8 Å². The molecule has 0 fully saturated rings. The predicted molar refractivity (Wildman–Crippen MR) is 67.9 cm³/mol. The molecular formula is C12H17N5O2. The average Bonchev–Trinajstić information content (AvgIpc) is 2.97.